The summed E-state index contributed by atoms with van der Waals surface area (Å²) in [6, 6.07) is 0. The fourth-order valence-corrected chi connectivity index (χ4v) is 0.812. The maximum Gasteiger partial charge on any atom is 0.306 e. The second-order valence-corrected chi connectivity index (χ2v) is 2.13. The normalized spacial score (nSPS) is 25.9. The molecule has 0 unspecified atom stereocenters. The van der Waals surface area contributed by atoms with Gasteiger partial charge in [-0.25, -0.2) is 0 Å². The van der Waals surface area contributed by atoms with E-state index in [2.05, 4.69) is 4.74 Å². The molecule has 1 atom stereocenters. The molecular formula is C6H8O3. The van der Waals surface area contributed by atoms with Crippen LogP contribution in [-0.4, -0.2) is 17.9 Å². The van der Waals surface area contributed by atoms with Crippen LogP contribution in [0.4, 0.5) is 0 Å². The number of ether oxygens (including phenoxy) is 1. The van der Waals surface area contributed by atoms with Gasteiger partial charge in [-0.1, -0.05) is 0 Å². The molecule has 3 heteroatoms. The van der Waals surface area contributed by atoms with Crippen molar-refractivity contribution in [3.8, 4) is 0 Å². The topological polar surface area (TPSA) is 43.4 Å². The van der Waals surface area contributed by atoms with Crippen molar-refractivity contribution in [3.05, 3.63) is 0 Å². The lowest BCUT2D eigenvalue weighted by atomic mass is 10.2. The molecule has 1 saturated heterocycles. The second kappa shape index (κ2) is 2.17. The van der Waals surface area contributed by atoms with Crippen LogP contribution in [0, 0.1) is 0 Å². The van der Waals surface area contributed by atoms with Gasteiger partial charge in [0, 0.05) is 12.8 Å². The largest absolute Gasteiger partial charge is 0.454 e. The summed E-state index contributed by atoms with van der Waals surface area (Å²) in [7, 11) is 0. The highest BCUT2D eigenvalue weighted by atomic mass is 16.6. The van der Waals surface area contributed by atoms with E-state index in [1.54, 1.807) is 0 Å². The standard InChI is InChI=1S/C6H8O3/c1-4(7)5-2-3-6(8)9-5/h5H,2-3H2,1H3/t5-/m1/s1. The molecule has 9 heavy (non-hydrogen) atoms. The Labute approximate surface area is 53.0 Å². The van der Waals surface area contributed by atoms with Crippen molar-refractivity contribution in [2.45, 2.75) is 25.9 Å². The van der Waals surface area contributed by atoms with E-state index in [4.69, 9.17) is 0 Å². The van der Waals surface area contributed by atoms with Crippen molar-refractivity contribution >= 4 is 11.8 Å². The van der Waals surface area contributed by atoms with Gasteiger partial charge in [0.1, 0.15) is 0 Å². The SMILES string of the molecule is CC(=O)[C@H]1CCC(=O)O1. The number of esters is 1. The zero-order chi connectivity index (χ0) is 6.85. The molecule has 0 N–H and O–H groups in total. The predicted molar refractivity (Wildman–Crippen MR) is 29.8 cm³/mol. The molecule has 0 aliphatic carbocycles. The average molecular weight is 128 g/mol. The molecule has 1 aliphatic rings. The highest BCUT2D eigenvalue weighted by Crippen LogP contribution is 2.13. The van der Waals surface area contributed by atoms with Gasteiger partial charge in [-0.2, -0.15) is 0 Å². The smallest absolute Gasteiger partial charge is 0.306 e. The van der Waals surface area contributed by atoms with Crippen molar-refractivity contribution in [3.63, 3.8) is 0 Å². The molecule has 50 valence electrons. The van der Waals surface area contributed by atoms with Crippen LogP contribution < -0.4 is 0 Å². The van der Waals surface area contributed by atoms with Crippen LogP contribution >= 0.6 is 0 Å². The zero-order valence-corrected chi connectivity index (χ0v) is 5.22. The van der Waals surface area contributed by atoms with Crippen molar-refractivity contribution in [1.82, 2.24) is 0 Å². The number of rotatable bonds is 1. The maximum absolute atomic E-state index is 10.5. The van der Waals surface area contributed by atoms with Crippen molar-refractivity contribution in [2.24, 2.45) is 0 Å². The molecule has 0 bridgehead atoms. The average Bonchev–Trinajstić information content (AvgIpc) is 2.14. The summed E-state index contributed by atoms with van der Waals surface area (Å²) in [6.45, 7) is 1.43. The number of hydrogen-bond donors (Lipinski definition) is 0. The van der Waals surface area contributed by atoms with E-state index < -0.39 is 6.10 Å². The molecule has 0 radical (unpaired) electrons. The third kappa shape index (κ3) is 1.28. The molecule has 0 aromatic heterocycles. The van der Waals surface area contributed by atoms with Crippen molar-refractivity contribution in [1.29, 1.82) is 0 Å². The van der Waals surface area contributed by atoms with Crippen molar-refractivity contribution in [2.75, 3.05) is 0 Å². The summed E-state index contributed by atoms with van der Waals surface area (Å²) in [4.78, 5) is 20.9. The summed E-state index contributed by atoms with van der Waals surface area (Å²) in [5.74, 6) is -0.309. The lowest BCUT2D eigenvalue weighted by Crippen LogP contribution is -2.16. The lowest BCUT2D eigenvalue weighted by Gasteiger charge is -2.01. The number of ketones is 1. The Morgan fingerprint density at radius 2 is 2.44 bits per heavy atom. The summed E-state index contributed by atoms with van der Waals surface area (Å²) < 4.78 is 4.63. The van der Waals surface area contributed by atoms with Gasteiger partial charge >= 0.3 is 5.97 Å². The summed E-state index contributed by atoms with van der Waals surface area (Å²) in [5, 5.41) is 0. The molecule has 1 fully saturated rings. The molecule has 0 saturated carbocycles. The Morgan fingerprint density at radius 3 is 2.67 bits per heavy atom. The fraction of sp³-hybridized carbons (Fsp3) is 0.667. The van der Waals surface area contributed by atoms with E-state index in [-0.39, 0.29) is 11.8 Å². The van der Waals surface area contributed by atoms with Gasteiger partial charge in [-0.15, -0.1) is 0 Å². The zero-order valence-electron chi connectivity index (χ0n) is 5.22. The molecule has 0 amide bonds. The van der Waals surface area contributed by atoms with Crippen LogP contribution in [-0.2, 0) is 14.3 Å². The van der Waals surface area contributed by atoms with Crippen LogP contribution in [0.5, 0.6) is 0 Å². The van der Waals surface area contributed by atoms with Crippen LogP contribution in [0.15, 0.2) is 0 Å². The van der Waals surface area contributed by atoms with Gasteiger partial charge in [0.2, 0.25) is 0 Å². The number of Topliss-reactive ketones (excluding diaryl/α,β-unsaturated/α-hetero) is 1. The Morgan fingerprint density at radius 1 is 1.78 bits per heavy atom. The minimum absolute atomic E-state index is 0.0548. The first-order valence-electron chi connectivity index (χ1n) is 2.90. The van der Waals surface area contributed by atoms with Gasteiger partial charge < -0.3 is 4.74 Å². The molecule has 0 spiro atoms. The minimum Gasteiger partial charge on any atom is -0.454 e. The highest BCUT2D eigenvalue weighted by molar-refractivity contribution is 5.86. The van der Waals surface area contributed by atoms with Crippen molar-refractivity contribution < 1.29 is 14.3 Å². The number of carbonyl (C=O) groups excluding carboxylic acids is 2. The van der Waals surface area contributed by atoms with Gasteiger partial charge in [-0.05, 0) is 6.92 Å². The monoisotopic (exact) mass is 128 g/mol. The molecular weight excluding hydrogens is 120 g/mol. The van der Waals surface area contributed by atoms with E-state index in [1.165, 1.54) is 6.92 Å². The Hall–Kier alpha value is -0.860. The van der Waals surface area contributed by atoms with Gasteiger partial charge in [-0.3, -0.25) is 9.59 Å². The predicted octanol–water partition coefficient (Wildman–Crippen LogP) is 0.281. The maximum atomic E-state index is 10.5. The summed E-state index contributed by atoms with van der Waals surface area (Å²) >= 11 is 0. The third-order valence-corrected chi connectivity index (χ3v) is 1.34. The number of carbonyl (C=O) groups is 2. The van der Waals surface area contributed by atoms with Crippen LogP contribution in [0.25, 0.3) is 0 Å². The Kier molecular flexibility index (Phi) is 1.51. The van der Waals surface area contributed by atoms with E-state index >= 15 is 0 Å². The minimum atomic E-state index is -0.447. The molecule has 0 aromatic rings. The van der Waals surface area contributed by atoms with E-state index in [0.29, 0.717) is 12.8 Å². The Bertz CT molecular complexity index is 150. The Balaban J connectivity index is 2.48. The summed E-state index contributed by atoms with van der Waals surface area (Å²) in [5.41, 5.74) is 0. The molecule has 3 nitrogen and oxygen atoms in total. The van der Waals surface area contributed by atoms with Crippen LogP contribution in [0.2, 0.25) is 0 Å². The third-order valence-electron chi connectivity index (χ3n) is 1.34. The first-order chi connectivity index (χ1) is 4.20. The highest BCUT2D eigenvalue weighted by Gasteiger charge is 2.26. The van der Waals surface area contributed by atoms with E-state index in [0.717, 1.165) is 0 Å². The quantitative estimate of drug-likeness (QED) is 0.476. The van der Waals surface area contributed by atoms with Crippen LogP contribution in [0.3, 0.4) is 0 Å². The first kappa shape index (κ1) is 6.26. The second-order valence-electron chi connectivity index (χ2n) is 2.13. The first-order valence-corrected chi connectivity index (χ1v) is 2.90. The molecule has 1 rings (SSSR count). The summed E-state index contributed by atoms with van der Waals surface area (Å²) in [6.07, 6.45) is 0.510. The van der Waals surface area contributed by atoms with E-state index in [9.17, 15) is 9.59 Å². The van der Waals surface area contributed by atoms with Gasteiger partial charge in [0.25, 0.3) is 0 Å². The van der Waals surface area contributed by atoms with Gasteiger partial charge in [0.05, 0.1) is 0 Å². The number of hydrogen-bond acceptors (Lipinski definition) is 3. The molecule has 1 aliphatic heterocycles. The van der Waals surface area contributed by atoms with E-state index in [1.807, 2.05) is 0 Å². The fourth-order valence-electron chi connectivity index (χ4n) is 0.812. The molecule has 1 heterocycles. The van der Waals surface area contributed by atoms with Crippen LogP contribution in [0.1, 0.15) is 19.8 Å². The molecule has 0 aromatic carbocycles. The lowest BCUT2D eigenvalue weighted by molar-refractivity contribution is -0.146. The number of cyclic esters (lactones) is 1. The van der Waals surface area contributed by atoms with Gasteiger partial charge in [0.15, 0.2) is 11.9 Å².